The third kappa shape index (κ3) is 8.22. The normalized spacial score (nSPS) is 15.5. The maximum Gasteiger partial charge on any atom is 0.318 e. The fourth-order valence-corrected chi connectivity index (χ4v) is 4.92. The second-order valence-electron chi connectivity index (χ2n) is 10.5. The molecule has 10 nitrogen and oxygen atoms in total. The number of rotatable bonds is 11. The summed E-state index contributed by atoms with van der Waals surface area (Å²) in [4.78, 5) is 52.4. The van der Waals surface area contributed by atoms with Crippen LogP contribution >= 0.6 is 0 Å². The highest BCUT2D eigenvalue weighted by Gasteiger charge is 2.29. The van der Waals surface area contributed by atoms with Crippen molar-refractivity contribution < 1.29 is 24.3 Å². The van der Waals surface area contributed by atoms with Crippen molar-refractivity contribution in [2.45, 2.75) is 70.9 Å². The fourth-order valence-electron chi connectivity index (χ4n) is 4.92. The van der Waals surface area contributed by atoms with Gasteiger partial charge in [0.15, 0.2) is 0 Å². The van der Waals surface area contributed by atoms with Gasteiger partial charge < -0.3 is 30.5 Å². The number of urea groups is 1. The van der Waals surface area contributed by atoms with E-state index in [0.29, 0.717) is 19.5 Å². The first-order valence-corrected chi connectivity index (χ1v) is 13.5. The zero-order valence-corrected chi connectivity index (χ0v) is 22.7. The third-order valence-electron chi connectivity index (χ3n) is 6.89. The first-order valence-electron chi connectivity index (χ1n) is 13.5. The Morgan fingerprint density at radius 2 is 1.63 bits per heavy atom. The summed E-state index contributed by atoms with van der Waals surface area (Å²) < 4.78 is 1.97. The topological polar surface area (TPSA) is 133 Å². The molecule has 4 N–H and O–H groups in total. The van der Waals surface area contributed by atoms with E-state index in [2.05, 4.69) is 16.0 Å². The van der Waals surface area contributed by atoms with Crippen LogP contribution in [0.15, 0.2) is 30.5 Å². The van der Waals surface area contributed by atoms with Gasteiger partial charge in [0.25, 0.3) is 0 Å². The fraction of sp³-hybridized carbons (Fsp3) is 0.571. The molecule has 10 heteroatoms. The number of hydrogen-bond donors (Lipinski definition) is 4. The maximum atomic E-state index is 13.5. The molecule has 1 fully saturated rings. The molecule has 0 saturated carbocycles. The minimum absolute atomic E-state index is 0.0445. The van der Waals surface area contributed by atoms with Gasteiger partial charge in [-0.2, -0.15) is 0 Å². The Labute approximate surface area is 224 Å². The van der Waals surface area contributed by atoms with Crippen LogP contribution in [0.4, 0.5) is 4.79 Å². The summed E-state index contributed by atoms with van der Waals surface area (Å²) in [5.41, 5.74) is 1.89. The summed E-state index contributed by atoms with van der Waals surface area (Å²) in [5, 5.41) is 18.3. The number of hydrogen-bond acceptors (Lipinski definition) is 4. The number of aliphatic carboxylic acids is 1. The van der Waals surface area contributed by atoms with Crippen molar-refractivity contribution in [2.24, 2.45) is 13.0 Å². The Morgan fingerprint density at radius 1 is 0.947 bits per heavy atom. The predicted octanol–water partition coefficient (Wildman–Crippen LogP) is 2.80. The minimum Gasteiger partial charge on any atom is -0.481 e. The summed E-state index contributed by atoms with van der Waals surface area (Å²) in [5.74, 6) is -1.78. The molecule has 3 rings (SSSR count). The van der Waals surface area contributed by atoms with E-state index in [-0.39, 0.29) is 31.3 Å². The van der Waals surface area contributed by atoms with Crippen LogP contribution in [0, 0.1) is 5.92 Å². The Kier molecular flexibility index (Phi) is 10.6. The number of nitrogens with zero attached hydrogens (tertiary/aromatic N) is 2. The van der Waals surface area contributed by atoms with Gasteiger partial charge in [-0.15, -0.1) is 0 Å². The number of fused-ring (bicyclic) bond motifs is 1. The predicted molar refractivity (Wildman–Crippen MR) is 146 cm³/mol. The SMILES string of the molecule is CC(C)C[C@H](NC(=O)N1CCCCCC1)C(=O)N[C@H](Cc1cn(C)c2ccccc12)C(=O)NCCC(=O)O. The van der Waals surface area contributed by atoms with Gasteiger partial charge in [-0.25, -0.2) is 4.79 Å². The highest BCUT2D eigenvalue weighted by atomic mass is 16.4. The molecule has 1 aliphatic rings. The summed E-state index contributed by atoms with van der Waals surface area (Å²) in [7, 11) is 1.92. The van der Waals surface area contributed by atoms with Crippen LogP contribution in [0.5, 0.6) is 0 Å². The van der Waals surface area contributed by atoms with E-state index in [1.165, 1.54) is 0 Å². The first kappa shape index (κ1) is 29.0. The molecular weight excluding hydrogens is 486 g/mol. The van der Waals surface area contributed by atoms with E-state index in [1.54, 1.807) is 4.90 Å². The summed E-state index contributed by atoms with van der Waals surface area (Å²) in [6, 6.07) is 5.81. The van der Waals surface area contributed by atoms with Crippen molar-refractivity contribution in [3.8, 4) is 0 Å². The Hall–Kier alpha value is -3.56. The first-order chi connectivity index (χ1) is 18.2. The lowest BCUT2D eigenvalue weighted by molar-refractivity contribution is -0.137. The number of aromatic nitrogens is 1. The monoisotopic (exact) mass is 527 g/mol. The van der Waals surface area contributed by atoms with E-state index in [0.717, 1.165) is 42.1 Å². The number of amides is 4. The molecule has 1 aromatic carbocycles. The van der Waals surface area contributed by atoms with Gasteiger partial charge in [0.2, 0.25) is 11.8 Å². The Balaban J connectivity index is 1.78. The summed E-state index contributed by atoms with van der Waals surface area (Å²) in [6.07, 6.45) is 6.42. The zero-order valence-electron chi connectivity index (χ0n) is 22.7. The summed E-state index contributed by atoms with van der Waals surface area (Å²) >= 11 is 0. The molecule has 4 amide bonds. The van der Waals surface area contributed by atoms with Crippen LogP contribution < -0.4 is 16.0 Å². The average molecular weight is 528 g/mol. The lowest BCUT2D eigenvalue weighted by Gasteiger charge is -2.27. The molecule has 0 bridgehead atoms. The number of carbonyl (C=O) groups is 4. The molecule has 0 aliphatic carbocycles. The molecule has 38 heavy (non-hydrogen) atoms. The van der Waals surface area contributed by atoms with Gasteiger partial charge in [-0.1, -0.05) is 44.9 Å². The van der Waals surface area contributed by atoms with Gasteiger partial charge in [0, 0.05) is 50.2 Å². The summed E-state index contributed by atoms with van der Waals surface area (Å²) in [6.45, 7) is 5.24. The molecular formula is C28H41N5O5. The van der Waals surface area contributed by atoms with Crippen LogP contribution in [0.25, 0.3) is 10.9 Å². The number of para-hydroxylation sites is 1. The molecule has 0 unspecified atom stereocenters. The molecule has 208 valence electrons. The molecule has 2 heterocycles. The van der Waals surface area contributed by atoms with Gasteiger partial charge >= 0.3 is 12.0 Å². The van der Waals surface area contributed by atoms with Gasteiger partial charge in [-0.05, 0) is 36.8 Å². The minimum atomic E-state index is -1.02. The number of likely N-dealkylation sites (tertiary alicyclic amines) is 1. The van der Waals surface area contributed by atoms with E-state index in [4.69, 9.17) is 5.11 Å². The highest BCUT2D eigenvalue weighted by molar-refractivity contribution is 5.93. The van der Waals surface area contributed by atoms with E-state index in [9.17, 15) is 19.2 Å². The third-order valence-corrected chi connectivity index (χ3v) is 6.89. The number of carboxylic acids is 1. The number of carboxylic acid groups (broad SMARTS) is 1. The van der Waals surface area contributed by atoms with Gasteiger partial charge in [0.05, 0.1) is 6.42 Å². The molecule has 0 spiro atoms. The quantitative estimate of drug-likeness (QED) is 0.357. The smallest absolute Gasteiger partial charge is 0.318 e. The van der Waals surface area contributed by atoms with Crippen molar-refractivity contribution >= 4 is 34.7 Å². The standard InChI is InChI=1S/C28H41N5O5/c1-19(2)16-22(31-28(38)33-14-8-4-5-9-15-33)27(37)30-23(26(36)29-13-12-25(34)35)17-20-18-32(3)24-11-7-6-10-21(20)24/h6-7,10-11,18-19,22-23H,4-5,8-9,12-17H2,1-3H3,(H,29,36)(H,30,37)(H,31,38)(H,34,35)/t22-,23+/m0/s1. The van der Waals surface area contributed by atoms with E-state index >= 15 is 0 Å². The van der Waals surface area contributed by atoms with Gasteiger partial charge in [0.1, 0.15) is 12.1 Å². The molecule has 1 aromatic heterocycles. The van der Waals surface area contributed by atoms with Crippen molar-refractivity contribution in [3.63, 3.8) is 0 Å². The Bertz CT molecular complexity index is 1120. The van der Waals surface area contributed by atoms with E-state index < -0.39 is 29.9 Å². The van der Waals surface area contributed by atoms with Crippen LogP contribution in [-0.4, -0.2) is 70.1 Å². The molecule has 1 aliphatic heterocycles. The van der Waals surface area contributed by atoms with Crippen molar-refractivity contribution in [1.82, 2.24) is 25.4 Å². The number of aryl methyl sites for hydroxylation is 1. The van der Waals surface area contributed by atoms with Crippen LogP contribution in [0.2, 0.25) is 0 Å². The second-order valence-corrected chi connectivity index (χ2v) is 10.5. The van der Waals surface area contributed by atoms with Crippen LogP contribution in [-0.2, 0) is 27.9 Å². The number of benzene rings is 1. The average Bonchev–Trinajstić information content (AvgIpc) is 3.03. The van der Waals surface area contributed by atoms with Crippen LogP contribution in [0.3, 0.4) is 0 Å². The van der Waals surface area contributed by atoms with Crippen LogP contribution in [0.1, 0.15) is 57.9 Å². The lowest BCUT2D eigenvalue weighted by Crippen LogP contribution is -2.56. The molecule has 2 aromatic rings. The maximum absolute atomic E-state index is 13.5. The van der Waals surface area contributed by atoms with Gasteiger partial charge in [-0.3, -0.25) is 14.4 Å². The molecule has 1 saturated heterocycles. The van der Waals surface area contributed by atoms with Crippen molar-refractivity contribution in [2.75, 3.05) is 19.6 Å². The Morgan fingerprint density at radius 3 is 2.29 bits per heavy atom. The molecule has 2 atom stereocenters. The van der Waals surface area contributed by atoms with Crippen molar-refractivity contribution in [3.05, 3.63) is 36.0 Å². The zero-order chi connectivity index (χ0) is 27.7. The number of nitrogens with one attached hydrogen (secondary N) is 3. The van der Waals surface area contributed by atoms with Crippen molar-refractivity contribution in [1.29, 1.82) is 0 Å². The second kappa shape index (κ2) is 13.8. The lowest BCUT2D eigenvalue weighted by atomic mass is 10.0. The highest BCUT2D eigenvalue weighted by Crippen LogP contribution is 2.22. The number of carbonyl (C=O) groups excluding carboxylic acids is 3. The van der Waals surface area contributed by atoms with E-state index in [1.807, 2.05) is 55.9 Å². The molecule has 0 radical (unpaired) electrons. The largest absolute Gasteiger partial charge is 0.481 e.